The highest BCUT2D eigenvalue weighted by molar-refractivity contribution is 7.80. The van der Waals surface area contributed by atoms with E-state index in [-0.39, 0.29) is 5.91 Å². The Hall–Kier alpha value is -2.52. The van der Waals surface area contributed by atoms with Crippen LogP contribution in [0.5, 0.6) is 0 Å². The highest BCUT2D eigenvalue weighted by atomic mass is 32.1. The SMILES string of the molecule is O=C(Nc1ccc(S)cc1)c1ccc2c3c(cccc13)C=C2. The van der Waals surface area contributed by atoms with Crippen LogP contribution in [-0.4, -0.2) is 5.91 Å². The van der Waals surface area contributed by atoms with E-state index in [0.29, 0.717) is 5.56 Å². The molecule has 22 heavy (non-hydrogen) atoms. The third kappa shape index (κ3) is 2.11. The number of nitrogens with one attached hydrogen (secondary N) is 1. The van der Waals surface area contributed by atoms with E-state index in [0.717, 1.165) is 21.4 Å². The fourth-order valence-corrected chi connectivity index (χ4v) is 3.01. The van der Waals surface area contributed by atoms with Crippen molar-refractivity contribution in [1.29, 1.82) is 0 Å². The first-order valence-corrected chi connectivity index (χ1v) is 7.51. The number of thiol groups is 1. The van der Waals surface area contributed by atoms with Crippen molar-refractivity contribution in [3.05, 3.63) is 71.3 Å². The van der Waals surface area contributed by atoms with Crippen LogP contribution in [0.2, 0.25) is 0 Å². The van der Waals surface area contributed by atoms with Crippen LogP contribution in [0.1, 0.15) is 21.5 Å². The molecule has 1 aliphatic rings. The lowest BCUT2D eigenvalue weighted by Gasteiger charge is -2.10. The van der Waals surface area contributed by atoms with Gasteiger partial charge in [-0.1, -0.05) is 36.4 Å². The van der Waals surface area contributed by atoms with Crippen molar-refractivity contribution >= 4 is 47.1 Å². The molecule has 0 heterocycles. The first-order valence-electron chi connectivity index (χ1n) is 7.06. The van der Waals surface area contributed by atoms with Crippen molar-refractivity contribution in [2.75, 3.05) is 5.32 Å². The van der Waals surface area contributed by atoms with Crippen molar-refractivity contribution in [2.45, 2.75) is 4.90 Å². The zero-order valence-electron chi connectivity index (χ0n) is 11.7. The molecular formula is C19H13NOS. The predicted octanol–water partition coefficient (Wildman–Crippen LogP) is 4.86. The van der Waals surface area contributed by atoms with Crippen molar-refractivity contribution in [3.8, 4) is 0 Å². The summed E-state index contributed by atoms with van der Waals surface area (Å²) >= 11 is 4.25. The van der Waals surface area contributed by atoms with Gasteiger partial charge in [-0.25, -0.2) is 0 Å². The molecule has 0 bridgehead atoms. The summed E-state index contributed by atoms with van der Waals surface area (Å²) in [5.74, 6) is -0.0949. The maximum absolute atomic E-state index is 12.6. The smallest absolute Gasteiger partial charge is 0.256 e. The summed E-state index contributed by atoms with van der Waals surface area (Å²) in [4.78, 5) is 13.5. The maximum Gasteiger partial charge on any atom is 0.256 e. The minimum atomic E-state index is -0.0949. The molecule has 0 radical (unpaired) electrons. The van der Waals surface area contributed by atoms with Crippen molar-refractivity contribution in [2.24, 2.45) is 0 Å². The molecule has 3 heteroatoms. The van der Waals surface area contributed by atoms with E-state index in [1.807, 2.05) is 48.5 Å². The van der Waals surface area contributed by atoms with Gasteiger partial charge in [0.25, 0.3) is 5.91 Å². The molecule has 4 rings (SSSR count). The summed E-state index contributed by atoms with van der Waals surface area (Å²) in [5.41, 5.74) is 3.80. The molecular weight excluding hydrogens is 290 g/mol. The van der Waals surface area contributed by atoms with Gasteiger partial charge in [0.05, 0.1) is 0 Å². The van der Waals surface area contributed by atoms with Crippen LogP contribution < -0.4 is 5.32 Å². The number of benzene rings is 3. The Bertz CT molecular complexity index is 914. The van der Waals surface area contributed by atoms with Gasteiger partial charge in [0.2, 0.25) is 0 Å². The fraction of sp³-hybridized carbons (Fsp3) is 0. The average molecular weight is 303 g/mol. The molecule has 1 amide bonds. The normalized spacial score (nSPS) is 11.9. The van der Waals surface area contributed by atoms with Gasteiger partial charge in [-0.3, -0.25) is 4.79 Å². The Balaban J connectivity index is 1.76. The molecule has 3 aromatic carbocycles. The van der Waals surface area contributed by atoms with Crippen LogP contribution in [0.25, 0.3) is 22.9 Å². The van der Waals surface area contributed by atoms with Gasteiger partial charge < -0.3 is 5.32 Å². The molecule has 0 aliphatic heterocycles. The number of hydrogen-bond donors (Lipinski definition) is 2. The summed E-state index contributed by atoms with van der Waals surface area (Å²) in [6, 6.07) is 17.4. The molecule has 0 atom stereocenters. The van der Waals surface area contributed by atoms with E-state index in [9.17, 15) is 4.79 Å². The summed E-state index contributed by atoms with van der Waals surface area (Å²) in [5, 5.41) is 5.09. The van der Waals surface area contributed by atoms with Gasteiger partial charge >= 0.3 is 0 Å². The van der Waals surface area contributed by atoms with E-state index in [4.69, 9.17) is 0 Å². The minimum absolute atomic E-state index is 0.0949. The summed E-state index contributed by atoms with van der Waals surface area (Å²) < 4.78 is 0. The van der Waals surface area contributed by atoms with E-state index >= 15 is 0 Å². The van der Waals surface area contributed by atoms with E-state index in [1.165, 1.54) is 11.1 Å². The number of carbonyl (C=O) groups excluding carboxylic acids is 1. The molecule has 1 N–H and O–H groups in total. The molecule has 0 unspecified atom stereocenters. The third-order valence-electron chi connectivity index (χ3n) is 3.92. The topological polar surface area (TPSA) is 29.1 Å². The molecule has 0 spiro atoms. The van der Waals surface area contributed by atoms with Crippen LogP contribution in [-0.2, 0) is 0 Å². The largest absolute Gasteiger partial charge is 0.322 e. The molecule has 0 saturated carbocycles. The van der Waals surface area contributed by atoms with E-state index < -0.39 is 0 Å². The number of amides is 1. The van der Waals surface area contributed by atoms with Crippen LogP contribution in [0, 0.1) is 0 Å². The highest BCUT2D eigenvalue weighted by Gasteiger charge is 2.15. The molecule has 106 valence electrons. The third-order valence-corrected chi connectivity index (χ3v) is 4.22. The van der Waals surface area contributed by atoms with Gasteiger partial charge in [-0.2, -0.15) is 0 Å². The van der Waals surface area contributed by atoms with Gasteiger partial charge in [-0.15, -0.1) is 12.6 Å². The van der Waals surface area contributed by atoms with E-state index in [2.05, 4.69) is 36.2 Å². The van der Waals surface area contributed by atoms with Gasteiger partial charge in [-0.05, 0) is 52.2 Å². The second-order valence-electron chi connectivity index (χ2n) is 5.31. The van der Waals surface area contributed by atoms with E-state index in [1.54, 1.807) is 0 Å². The van der Waals surface area contributed by atoms with Gasteiger partial charge in [0.1, 0.15) is 0 Å². The van der Waals surface area contributed by atoms with Gasteiger partial charge in [0.15, 0.2) is 0 Å². The molecule has 2 nitrogen and oxygen atoms in total. The maximum atomic E-state index is 12.6. The van der Waals surface area contributed by atoms with Crippen LogP contribution in [0.15, 0.2) is 59.5 Å². The minimum Gasteiger partial charge on any atom is -0.322 e. The lowest BCUT2D eigenvalue weighted by atomic mass is 9.99. The quantitative estimate of drug-likeness (QED) is 0.508. The summed E-state index contributed by atoms with van der Waals surface area (Å²) in [6.45, 7) is 0. The van der Waals surface area contributed by atoms with Gasteiger partial charge in [0, 0.05) is 16.1 Å². The Morgan fingerprint density at radius 3 is 2.36 bits per heavy atom. The first-order chi connectivity index (χ1) is 10.7. The Morgan fingerprint density at radius 1 is 0.864 bits per heavy atom. The number of hydrogen-bond acceptors (Lipinski definition) is 2. The highest BCUT2D eigenvalue weighted by Crippen LogP contribution is 2.33. The second-order valence-corrected chi connectivity index (χ2v) is 5.82. The lowest BCUT2D eigenvalue weighted by molar-refractivity contribution is 0.102. The number of carbonyl (C=O) groups is 1. The molecule has 0 aromatic heterocycles. The molecule has 1 aliphatic carbocycles. The zero-order valence-corrected chi connectivity index (χ0v) is 12.6. The van der Waals surface area contributed by atoms with Crippen molar-refractivity contribution < 1.29 is 4.79 Å². The zero-order chi connectivity index (χ0) is 15.1. The number of rotatable bonds is 2. The molecule has 0 fully saturated rings. The standard InChI is InChI=1S/C19H13NOS/c21-19(20-14-7-9-15(22)10-8-14)17-11-6-13-5-4-12-2-1-3-16(17)18(12)13/h1-11,22H,(H,20,21). The van der Waals surface area contributed by atoms with Crippen molar-refractivity contribution in [1.82, 2.24) is 0 Å². The van der Waals surface area contributed by atoms with Crippen molar-refractivity contribution in [3.63, 3.8) is 0 Å². The van der Waals surface area contributed by atoms with Crippen LogP contribution >= 0.6 is 12.6 Å². The Morgan fingerprint density at radius 2 is 1.59 bits per heavy atom. The lowest BCUT2D eigenvalue weighted by Crippen LogP contribution is -2.12. The summed E-state index contributed by atoms with van der Waals surface area (Å²) in [7, 11) is 0. The predicted molar refractivity (Wildman–Crippen MR) is 94.5 cm³/mol. The average Bonchev–Trinajstić information content (AvgIpc) is 2.95. The first kappa shape index (κ1) is 13.2. The second kappa shape index (κ2) is 5.04. The number of anilines is 1. The van der Waals surface area contributed by atoms with Crippen LogP contribution in [0.3, 0.4) is 0 Å². The molecule has 3 aromatic rings. The Kier molecular flexibility index (Phi) is 3.01. The molecule has 0 saturated heterocycles. The Labute approximate surface area is 133 Å². The summed E-state index contributed by atoms with van der Waals surface area (Å²) in [6.07, 6.45) is 4.18. The fourth-order valence-electron chi connectivity index (χ4n) is 2.86. The monoisotopic (exact) mass is 303 g/mol. The van der Waals surface area contributed by atoms with Crippen LogP contribution in [0.4, 0.5) is 5.69 Å².